The maximum atomic E-state index is 12.7. The highest BCUT2D eigenvalue weighted by Crippen LogP contribution is 2.31. The lowest BCUT2D eigenvalue weighted by Crippen LogP contribution is -2.35. The third kappa shape index (κ3) is 6.75. The van der Waals surface area contributed by atoms with Crippen molar-refractivity contribution in [3.8, 4) is 11.5 Å². The molecule has 1 unspecified atom stereocenters. The number of ketones is 1. The molecule has 2 amide bonds. The number of rotatable bonds is 9. The number of ether oxygens (including phenoxy) is 2. The van der Waals surface area contributed by atoms with E-state index in [0.29, 0.717) is 27.6 Å². The molecule has 0 aliphatic carbocycles. The van der Waals surface area contributed by atoms with Gasteiger partial charge in [0.1, 0.15) is 0 Å². The molecule has 2 rings (SSSR count). The van der Waals surface area contributed by atoms with Crippen LogP contribution in [0.15, 0.2) is 47.4 Å². The number of hydrogen-bond acceptors (Lipinski definition) is 6. The number of methoxy groups -OCH3 is 2. The number of hydrogen-bond donors (Lipinski definition) is 2. The van der Waals surface area contributed by atoms with E-state index in [-0.39, 0.29) is 24.1 Å². The number of thioether (sulfide) groups is 1. The van der Waals surface area contributed by atoms with Crippen LogP contribution in [-0.2, 0) is 9.59 Å². The van der Waals surface area contributed by atoms with Gasteiger partial charge in [-0.3, -0.25) is 14.4 Å². The summed E-state index contributed by atoms with van der Waals surface area (Å²) in [5, 5.41) is 5.06. The van der Waals surface area contributed by atoms with Gasteiger partial charge in [-0.15, -0.1) is 11.8 Å². The molecule has 0 aliphatic heterocycles. The minimum atomic E-state index is -0.529. The second-order valence-corrected chi connectivity index (χ2v) is 9.55. The zero-order valence-electron chi connectivity index (χ0n) is 19.3. The summed E-state index contributed by atoms with van der Waals surface area (Å²) in [4.78, 5) is 38.2. The van der Waals surface area contributed by atoms with Crippen LogP contribution in [0.2, 0.25) is 0 Å². The van der Waals surface area contributed by atoms with Gasteiger partial charge in [-0.25, -0.2) is 0 Å². The fourth-order valence-corrected chi connectivity index (χ4v) is 3.67. The molecule has 0 fully saturated rings. The Morgan fingerprint density at radius 1 is 1.00 bits per heavy atom. The van der Waals surface area contributed by atoms with Crippen molar-refractivity contribution < 1.29 is 23.9 Å². The molecular weight excluding hydrogens is 428 g/mol. The molecule has 2 aromatic carbocycles. The summed E-state index contributed by atoms with van der Waals surface area (Å²) in [6, 6.07) is 12.1. The van der Waals surface area contributed by atoms with E-state index in [1.54, 1.807) is 56.5 Å². The quantitative estimate of drug-likeness (QED) is 0.548. The van der Waals surface area contributed by atoms with Gasteiger partial charge >= 0.3 is 0 Å². The van der Waals surface area contributed by atoms with Crippen LogP contribution in [0.5, 0.6) is 11.5 Å². The van der Waals surface area contributed by atoms with Gasteiger partial charge in [0, 0.05) is 22.1 Å². The van der Waals surface area contributed by atoms with Gasteiger partial charge in [0.25, 0.3) is 5.91 Å². The maximum Gasteiger partial charge on any atom is 0.252 e. The molecule has 0 saturated heterocycles. The van der Waals surface area contributed by atoms with Crippen LogP contribution in [0.25, 0.3) is 0 Å². The highest BCUT2D eigenvalue weighted by atomic mass is 32.2. The lowest BCUT2D eigenvalue weighted by molar-refractivity contribution is -0.125. The first-order valence-corrected chi connectivity index (χ1v) is 11.0. The number of nitrogens with one attached hydrogen (secondary N) is 2. The van der Waals surface area contributed by atoms with Crippen LogP contribution >= 0.6 is 11.8 Å². The van der Waals surface area contributed by atoms with Crippen LogP contribution in [-0.4, -0.2) is 43.6 Å². The Labute approximate surface area is 193 Å². The van der Waals surface area contributed by atoms with Gasteiger partial charge in [-0.05, 0) is 31.2 Å². The van der Waals surface area contributed by atoms with Crippen LogP contribution in [0.3, 0.4) is 0 Å². The second kappa shape index (κ2) is 11.0. The molecule has 2 N–H and O–H groups in total. The Kier molecular flexibility index (Phi) is 8.72. The van der Waals surface area contributed by atoms with Crippen molar-refractivity contribution in [1.29, 1.82) is 0 Å². The molecule has 0 spiro atoms. The largest absolute Gasteiger partial charge is 0.493 e. The monoisotopic (exact) mass is 458 g/mol. The lowest BCUT2D eigenvalue weighted by Gasteiger charge is -2.18. The first-order chi connectivity index (χ1) is 15.1. The Bertz CT molecular complexity index is 985. The highest BCUT2D eigenvalue weighted by molar-refractivity contribution is 8.00. The van der Waals surface area contributed by atoms with Gasteiger partial charge in [-0.2, -0.15) is 0 Å². The van der Waals surface area contributed by atoms with E-state index in [1.165, 1.54) is 18.9 Å². The summed E-state index contributed by atoms with van der Waals surface area (Å²) in [6.07, 6.45) is 0. The summed E-state index contributed by atoms with van der Waals surface area (Å²) in [6.45, 7) is 7.15. The van der Waals surface area contributed by atoms with Crippen molar-refractivity contribution in [1.82, 2.24) is 5.32 Å². The molecule has 0 bridgehead atoms. The van der Waals surface area contributed by atoms with E-state index < -0.39 is 10.7 Å². The Morgan fingerprint density at radius 2 is 1.66 bits per heavy atom. The summed E-state index contributed by atoms with van der Waals surface area (Å²) in [7, 11) is 3.07. The van der Waals surface area contributed by atoms with Gasteiger partial charge in [-0.1, -0.05) is 32.9 Å². The number of carbonyl (C=O) groups excluding carboxylic acids is 3. The van der Waals surface area contributed by atoms with Crippen molar-refractivity contribution in [2.45, 2.75) is 37.8 Å². The smallest absolute Gasteiger partial charge is 0.252 e. The predicted octanol–water partition coefficient (Wildman–Crippen LogP) is 4.17. The van der Waals surface area contributed by atoms with E-state index in [2.05, 4.69) is 10.6 Å². The van der Waals surface area contributed by atoms with E-state index in [1.807, 2.05) is 20.8 Å². The van der Waals surface area contributed by atoms with Crippen LogP contribution in [0.4, 0.5) is 5.69 Å². The van der Waals surface area contributed by atoms with Gasteiger partial charge in [0.15, 0.2) is 17.3 Å². The Balaban J connectivity index is 2.07. The van der Waals surface area contributed by atoms with Crippen molar-refractivity contribution in [2.24, 2.45) is 5.41 Å². The SMILES string of the molecule is COc1ccc(NC(=O)C(C)Sc2ccccc2C(=O)NCC(=O)C(C)(C)C)cc1OC. The maximum absolute atomic E-state index is 12.7. The fourth-order valence-electron chi connectivity index (χ4n) is 2.68. The molecular formula is C24H30N2O5S. The van der Waals surface area contributed by atoms with Crippen molar-refractivity contribution >= 4 is 35.0 Å². The molecule has 0 aliphatic rings. The highest BCUT2D eigenvalue weighted by Gasteiger charge is 2.23. The van der Waals surface area contributed by atoms with Crippen LogP contribution < -0.4 is 20.1 Å². The van der Waals surface area contributed by atoms with Crippen molar-refractivity contribution in [3.05, 3.63) is 48.0 Å². The molecule has 172 valence electrons. The van der Waals surface area contributed by atoms with Gasteiger partial charge in [0.2, 0.25) is 5.91 Å². The Hall–Kier alpha value is -3.00. The number of benzene rings is 2. The zero-order valence-corrected chi connectivity index (χ0v) is 20.1. The van der Waals surface area contributed by atoms with E-state index in [9.17, 15) is 14.4 Å². The zero-order chi connectivity index (χ0) is 23.9. The standard InChI is InChI=1S/C24H30N2O5S/c1-15(22(28)26-16-11-12-18(30-5)19(13-16)31-6)32-20-10-8-7-9-17(20)23(29)25-14-21(27)24(2,3)4/h7-13,15H,14H2,1-6H3,(H,25,29)(H,26,28). The number of amides is 2. The summed E-state index contributed by atoms with van der Waals surface area (Å²) in [5.41, 5.74) is 0.468. The first-order valence-electron chi connectivity index (χ1n) is 10.2. The number of Topliss-reactive ketones (excluding diaryl/α,β-unsaturated/α-hetero) is 1. The second-order valence-electron chi connectivity index (χ2n) is 8.17. The van der Waals surface area contributed by atoms with E-state index in [0.717, 1.165) is 0 Å². The van der Waals surface area contributed by atoms with Crippen molar-refractivity contribution in [3.63, 3.8) is 0 Å². The number of anilines is 1. The van der Waals surface area contributed by atoms with Gasteiger partial charge < -0.3 is 20.1 Å². The molecule has 8 heteroatoms. The van der Waals surface area contributed by atoms with Crippen LogP contribution in [0, 0.1) is 5.41 Å². The lowest BCUT2D eigenvalue weighted by atomic mass is 9.91. The third-order valence-electron chi connectivity index (χ3n) is 4.70. The van der Waals surface area contributed by atoms with E-state index in [4.69, 9.17) is 9.47 Å². The molecule has 0 radical (unpaired) electrons. The average molecular weight is 459 g/mol. The average Bonchev–Trinajstić information content (AvgIpc) is 2.76. The molecule has 1 atom stereocenters. The van der Waals surface area contributed by atoms with Crippen LogP contribution in [0.1, 0.15) is 38.1 Å². The summed E-state index contributed by atoms with van der Waals surface area (Å²) < 4.78 is 10.5. The molecule has 0 heterocycles. The summed E-state index contributed by atoms with van der Waals surface area (Å²) >= 11 is 1.27. The minimum Gasteiger partial charge on any atom is -0.493 e. The number of carbonyl (C=O) groups is 3. The third-order valence-corrected chi connectivity index (χ3v) is 5.88. The van der Waals surface area contributed by atoms with Gasteiger partial charge in [0.05, 0.1) is 31.6 Å². The molecule has 7 nitrogen and oxygen atoms in total. The Morgan fingerprint density at radius 3 is 2.28 bits per heavy atom. The first kappa shape index (κ1) is 25.3. The predicted molar refractivity (Wildman–Crippen MR) is 127 cm³/mol. The summed E-state index contributed by atoms with van der Waals surface area (Å²) in [5.74, 6) is 0.451. The molecule has 32 heavy (non-hydrogen) atoms. The molecule has 0 aromatic heterocycles. The molecule has 2 aromatic rings. The fraction of sp³-hybridized carbons (Fsp3) is 0.375. The minimum absolute atomic E-state index is 0.0450. The normalized spacial score (nSPS) is 11.9. The van der Waals surface area contributed by atoms with Crippen molar-refractivity contribution in [2.75, 3.05) is 26.1 Å². The molecule has 0 saturated carbocycles. The topological polar surface area (TPSA) is 93.7 Å². The van der Waals surface area contributed by atoms with E-state index >= 15 is 0 Å².